The summed E-state index contributed by atoms with van der Waals surface area (Å²) in [6.07, 6.45) is -1.00. The zero-order valence-corrected chi connectivity index (χ0v) is 18.7. The average molecular weight is 450 g/mol. The number of alkyl carbamates (subject to hydrolysis) is 1. The van der Waals surface area contributed by atoms with Crippen LogP contribution in [0.1, 0.15) is 46.1 Å². The van der Waals surface area contributed by atoms with Crippen LogP contribution in [0.15, 0.2) is 30.3 Å². The number of nitrogens with two attached hydrogens (primary N) is 1. The molecule has 0 heterocycles. The molecule has 11 heteroatoms. The second kappa shape index (κ2) is 12.3. The summed E-state index contributed by atoms with van der Waals surface area (Å²) >= 11 is 0. The zero-order chi connectivity index (χ0) is 24.3. The van der Waals surface area contributed by atoms with Gasteiger partial charge in [-0.2, -0.15) is 0 Å². The first-order chi connectivity index (χ1) is 14.9. The number of hydrogen-bond donors (Lipinski definition) is 5. The number of rotatable bonds is 9. The molecule has 0 aliphatic rings. The van der Waals surface area contributed by atoms with Crippen molar-refractivity contribution in [1.29, 1.82) is 0 Å². The molecule has 0 saturated carbocycles. The van der Waals surface area contributed by atoms with Crippen molar-refractivity contribution in [3.8, 4) is 0 Å². The molecule has 0 saturated heterocycles. The van der Waals surface area contributed by atoms with E-state index < -0.39 is 47.4 Å². The summed E-state index contributed by atoms with van der Waals surface area (Å²) in [5.41, 5.74) is 9.53. The van der Waals surface area contributed by atoms with Gasteiger partial charge in [0.1, 0.15) is 17.7 Å². The van der Waals surface area contributed by atoms with E-state index >= 15 is 0 Å². The predicted octanol–water partition coefficient (Wildman–Crippen LogP) is 0.0400. The number of hydrogen-bond acceptors (Lipinski definition) is 6. The van der Waals surface area contributed by atoms with E-state index in [1.54, 1.807) is 51.1 Å². The predicted molar refractivity (Wildman–Crippen MR) is 116 cm³/mol. The smallest absolute Gasteiger partial charge is 0.408 e. The molecule has 32 heavy (non-hydrogen) atoms. The van der Waals surface area contributed by atoms with Crippen LogP contribution in [0.5, 0.6) is 0 Å². The fourth-order valence-electron chi connectivity index (χ4n) is 2.57. The first kappa shape index (κ1) is 26.4. The Hall–Kier alpha value is -3.63. The quantitative estimate of drug-likeness (QED) is 0.333. The number of primary amides is 1. The van der Waals surface area contributed by atoms with Gasteiger partial charge in [0.25, 0.3) is 5.91 Å². The van der Waals surface area contributed by atoms with E-state index in [1.165, 1.54) is 6.92 Å². The lowest BCUT2D eigenvalue weighted by Crippen LogP contribution is -2.57. The summed E-state index contributed by atoms with van der Waals surface area (Å²) in [5.74, 6) is -2.52. The minimum atomic E-state index is -1.18. The second-order valence-electron chi connectivity index (χ2n) is 8.13. The van der Waals surface area contributed by atoms with Crippen molar-refractivity contribution >= 4 is 29.7 Å². The molecule has 0 unspecified atom stereocenters. The molecule has 2 atom stereocenters. The van der Waals surface area contributed by atoms with Crippen LogP contribution in [0.25, 0.3) is 0 Å². The molecule has 1 aromatic rings. The van der Waals surface area contributed by atoms with Gasteiger partial charge in [-0.05, 0) is 32.8 Å². The topological polar surface area (TPSA) is 169 Å². The lowest BCUT2D eigenvalue weighted by Gasteiger charge is -2.25. The third-order valence-corrected chi connectivity index (χ3v) is 3.96. The van der Waals surface area contributed by atoms with Crippen LogP contribution >= 0.6 is 0 Å². The molecule has 0 aliphatic heterocycles. The van der Waals surface area contributed by atoms with E-state index in [-0.39, 0.29) is 19.3 Å². The number of benzene rings is 1. The molecule has 5 amide bonds. The number of amides is 5. The second-order valence-corrected chi connectivity index (χ2v) is 8.13. The largest absolute Gasteiger partial charge is 0.444 e. The fourth-order valence-corrected chi connectivity index (χ4v) is 2.57. The normalized spacial score (nSPS) is 12.6. The fraction of sp³-hybridized carbons (Fsp3) is 0.476. The molecule has 11 nitrogen and oxygen atoms in total. The number of hydrazine groups is 1. The minimum Gasteiger partial charge on any atom is -0.444 e. The van der Waals surface area contributed by atoms with Crippen LogP contribution in [0, 0.1) is 0 Å². The third-order valence-electron chi connectivity index (χ3n) is 3.96. The van der Waals surface area contributed by atoms with Gasteiger partial charge < -0.3 is 21.1 Å². The summed E-state index contributed by atoms with van der Waals surface area (Å²) < 4.78 is 5.17. The molecular weight excluding hydrogens is 418 g/mol. The monoisotopic (exact) mass is 449 g/mol. The highest BCUT2D eigenvalue weighted by Gasteiger charge is 2.29. The van der Waals surface area contributed by atoms with E-state index in [9.17, 15) is 24.0 Å². The van der Waals surface area contributed by atoms with Crippen LogP contribution < -0.4 is 27.2 Å². The van der Waals surface area contributed by atoms with Crippen molar-refractivity contribution in [2.45, 2.75) is 64.6 Å². The number of ether oxygens (including phenoxy) is 1. The Morgan fingerprint density at radius 1 is 0.938 bits per heavy atom. The Balaban J connectivity index is 2.99. The van der Waals surface area contributed by atoms with E-state index in [4.69, 9.17) is 10.5 Å². The van der Waals surface area contributed by atoms with Crippen LogP contribution in [-0.4, -0.2) is 47.4 Å². The maximum absolute atomic E-state index is 12.9. The van der Waals surface area contributed by atoms with Crippen molar-refractivity contribution in [2.24, 2.45) is 5.73 Å². The maximum atomic E-state index is 12.9. The Morgan fingerprint density at radius 2 is 1.56 bits per heavy atom. The molecule has 0 aliphatic carbocycles. The molecule has 176 valence electrons. The Bertz CT molecular complexity index is 822. The first-order valence-electron chi connectivity index (χ1n) is 10.1. The Morgan fingerprint density at radius 3 is 2.09 bits per heavy atom. The highest BCUT2D eigenvalue weighted by Crippen LogP contribution is 2.09. The van der Waals surface area contributed by atoms with E-state index in [0.717, 1.165) is 5.56 Å². The highest BCUT2D eigenvalue weighted by molar-refractivity contribution is 5.92. The molecule has 0 aromatic heterocycles. The van der Waals surface area contributed by atoms with Gasteiger partial charge in [-0.1, -0.05) is 30.3 Å². The Kier molecular flexibility index (Phi) is 10.1. The van der Waals surface area contributed by atoms with Crippen molar-refractivity contribution in [2.75, 3.05) is 0 Å². The van der Waals surface area contributed by atoms with E-state index in [2.05, 4.69) is 21.5 Å². The summed E-state index contributed by atoms with van der Waals surface area (Å²) in [5, 5.41) is 4.96. The van der Waals surface area contributed by atoms with Crippen molar-refractivity contribution in [1.82, 2.24) is 21.5 Å². The van der Waals surface area contributed by atoms with Gasteiger partial charge in [-0.15, -0.1) is 0 Å². The number of carbonyl (C=O) groups is 5. The minimum absolute atomic E-state index is 0.0915. The average Bonchev–Trinajstić information content (AvgIpc) is 2.67. The number of carbonyl (C=O) groups excluding carboxylic acids is 5. The Labute approximate surface area is 186 Å². The van der Waals surface area contributed by atoms with Gasteiger partial charge in [0, 0.05) is 19.8 Å². The van der Waals surface area contributed by atoms with E-state index in [0.29, 0.717) is 0 Å². The molecule has 0 fully saturated rings. The van der Waals surface area contributed by atoms with Gasteiger partial charge in [-0.25, -0.2) is 4.79 Å². The third kappa shape index (κ3) is 11.0. The molecule has 1 aromatic carbocycles. The molecule has 0 radical (unpaired) electrons. The maximum Gasteiger partial charge on any atom is 0.408 e. The van der Waals surface area contributed by atoms with Crippen LogP contribution in [-0.2, 0) is 30.3 Å². The molecular formula is C21H31N5O6. The SMILES string of the molecule is CC(=O)NNC(=O)[C@H](Cc1ccccc1)NC(=O)[C@@H](CCC(N)=O)NC(=O)OC(C)(C)C. The number of nitrogens with one attached hydrogen (secondary N) is 4. The standard InChI is InChI=1S/C21H31N5O6/c1-13(27)25-26-19(30)16(12-14-8-6-5-7-9-14)23-18(29)15(10-11-17(22)28)24-20(31)32-21(2,3)4/h5-9,15-16H,10-12H2,1-4H3,(H2,22,28)(H,23,29)(H,24,31)(H,25,27)(H,26,30)/t15-,16+/m1/s1. The molecule has 0 bridgehead atoms. The zero-order valence-electron chi connectivity index (χ0n) is 18.7. The molecule has 6 N–H and O–H groups in total. The summed E-state index contributed by atoms with van der Waals surface area (Å²) in [6.45, 7) is 6.20. The molecule has 1 rings (SSSR count). The van der Waals surface area contributed by atoms with Crippen molar-refractivity contribution in [3.63, 3.8) is 0 Å². The summed E-state index contributed by atoms with van der Waals surface area (Å²) in [4.78, 5) is 59.9. The lowest BCUT2D eigenvalue weighted by atomic mass is 10.0. The summed E-state index contributed by atoms with van der Waals surface area (Å²) in [6, 6.07) is 6.65. The molecule has 0 spiro atoms. The van der Waals surface area contributed by atoms with Crippen LogP contribution in [0.3, 0.4) is 0 Å². The van der Waals surface area contributed by atoms with Gasteiger partial charge in [0.05, 0.1) is 0 Å². The van der Waals surface area contributed by atoms with Gasteiger partial charge in [0.2, 0.25) is 17.7 Å². The van der Waals surface area contributed by atoms with Crippen LogP contribution in [0.4, 0.5) is 4.79 Å². The highest BCUT2D eigenvalue weighted by atomic mass is 16.6. The van der Waals surface area contributed by atoms with Gasteiger partial charge >= 0.3 is 6.09 Å². The van der Waals surface area contributed by atoms with Crippen molar-refractivity contribution < 1.29 is 28.7 Å². The first-order valence-corrected chi connectivity index (χ1v) is 10.1. The van der Waals surface area contributed by atoms with Crippen LogP contribution in [0.2, 0.25) is 0 Å². The van der Waals surface area contributed by atoms with Gasteiger partial charge in [0.15, 0.2) is 0 Å². The summed E-state index contributed by atoms with van der Waals surface area (Å²) in [7, 11) is 0. The van der Waals surface area contributed by atoms with Gasteiger partial charge in [-0.3, -0.25) is 30.0 Å². The van der Waals surface area contributed by atoms with E-state index in [1.807, 2.05) is 0 Å². The lowest BCUT2D eigenvalue weighted by molar-refractivity contribution is -0.132. The van der Waals surface area contributed by atoms with Crippen molar-refractivity contribution in [3.05, 3.63) is 35.9 Å².